The third kappa shape index (κ3) is 4.05. The molecule has 2 N–H and O–H groups in total. The highest BCUT2D eigenvalue weighted by Crippen LogP contribution is 2.36. The van der Waals surface area contributed by atoms with E-state index in [-0.39, 0.29) is 0 Å². The van der Waals surface area contributed by atoms with Gasteiger partial charge in [-0.15, -0.1) is 0 Å². The topological polar surface area (TPSA) is 116 Å². The van der Waals surface area contributed by atoms with Crippen molar-refractivity contribution in [1.82, 2.24) is 4.31 Å². The molecule has 2 atom stereocenters. The van der Waals surface area contributed by atoms with Gasteiger partial charge in [-0.1, -0.05) is 23.7 Å². The van der Waals surface area contributed by atoms with Crippen LogP contribution in [0.25, 0.3) is 4.85 Å². The molecular formula is C18H15ClF2N2O6S2. The van der Waals surface area contributed by atoms with Crippen LogP contribution in [0, 0.1) is 18.2 Å². The Morgan fingerprint density at radius 3 is 2.42 bits per heavy atom. The predicted octanol–water partition coefficient (Wildman–Crippen LogP) is 1.74. The van der Waals surface area contributed by atoms with E-state index in [1.807, 2.05) is 0 Å². The van der Waals surface area contributed by atoms with Crippen LogP contribution in [0.1, 0.15) is 0 Å². The largest absolute Gasteiger partial charge is 0.393 e. The molecule has 1 saturated heterocycles. The smallest absolute Gasteiger partial charge is 0.244 e. The lowest BCUT2D eigenvalue weighted by Crippen LogP contribution is -2.49. The molecular weight excluding hydrogens is 478 g/mol. The summed E-state index contributed by atoms with van der Waals surface area (Å²) in [4.78, 5) is 1.79. The molecule has 166 valence electrons. The van der Waals surface area contributed by atoms with Gasteiger partial charge < -0.3 is 10.2 Å². The van der Waals surface area contributed by atoms with Gasteiger partial charge >= 0.3 is 0 Å². The zero-order valence-corrected chi connectivity index (χ0v) is 17.9. The standard InChI is InChI=1S/C18H15ClF2N2O6S2/c1-22-15-4-3-12(7-14(15)21)30(26,27)17-8-23(9-18(17,25)10-24)31(28,29)16-5-2-11(20)6-13(16)19/h2-7,17,24-25H,8-10H2/t17-,18+/m0/s1. The quantitative estimate of drug-likeness (QED) is 0.614. The third-order valence-electron chi connectivity index (χ3n) is 4.95. The van der Waals surface area contributed by atoms with Crippen molar-refractivity contribution >= 4 is 37.1 Å². The van der Waals surface area contributed by atoms with Crippen LogP contribution in [0.4, 0.5) is 14.5 Å². The summed E-state index contributed by atoms with van der Waals surface area (Å²) in [5.41, 5.74) is -2.83. The molecule has 0 unspecified atom stereocenters. The molecule has 31 heavy (non-hydrogen) atoms. The minimum atomic E-state index is -4.55. The van der Waals surface area contributed by atoms with E-state index in [1.54, 1.807) is 0 Å². The Hall–Kier alpha value is -2.14. The third-order valence-corrected chi connectivity index (χ3v) is 9.49. The minimum absolute atomic E-state index is 0.419. The maximum Gasteiger partial charge on any atom is 0.244 e. The summed E-state index contributed by atoms with van der Waals surface area (Å²) in [6.45, 7) is 4.15. The lowest BCUT2D eigenvalue weighted by atomic mass is 10.1. The number of benzene rings is 2. The molecule has 13 heteroatoms. The van der Waals surface area contributed by atoms with E-state index in [0.29, 0.717) is 10.4 Å². The molecule has 0 spiro atoms. The van der Waals surface area contributed by atoms with Crippen LogP contribution in [0.2, 0.25) is 5.02 Å². The van der Waals surface area contributed by atoms with Gasteiger partial charge in [0.05, 0.1) is 23.1 Å². The molecule has 2 aromatic carbocycles. The summed E-state index contributed by atoms with van der Waals surface area (Å²) in [5, 5.41) is 18.1. The Labute approximate surface area is 182 Å². The van der Waals surface area contributed by atoms with Gasteiger partial charge in [0.15, 0.2) is 9.84 Å². The molecule has 0 aromatic heterocycles. The fourth-order valence-electron chi connectivity index (χ4n) is 3.29. The molecule has 1 aliphatic rings. The van der Waals surface area contributed by atoms with Crippen molar-refractivity contribution in [1.29, 1.82) is 0 Å². The summed E-state index contributed by atoms with van der Waals surface area (Å²) < 4.78 is 79.9. The molecule has 8 nitrogen and oxygen atoms in total. The molecule has 3 rings (SSSR count). The molecule has 0 bridgehead atoms. The van der Waals surface area contributed by atoms with Crippen LogP contribution in [0.5, 0.6) is 0 Å². The zero-order chi connectivity index (χ0) is 23.2. The number of halogens is 3. The van der Waals surface area contributed by atoms with E-state index in [4.69, 9.17) is 18.2 Å². The lowest BCUT2D eigenvalue weighted by Gasteiger charge is -2.26. The molecule has 2 aromatic rings. The number of rotatable bonds is 5. The molecule has 0 amide bonds. The molecule has 0 aliphatic carbocycles. The fraction of sp³-hybridized carbons (Fsp3) is 0.278. The average molecular weight is 493 g/mol. The highest BCUT2D eigenvalue weighted by atomic mass is 35.5. The first-order chi connectivity index (χ1) is 14.4. The van der Waals surface area contributed by atoms with Crippen molar-refractivity contribution in [3.05, 3.63) is 64.5 Å². The average Bonchev–Trinajstić information content (AvgIpc) is 3.07. The van der Waals surface area contributed by atoms with Crippen LogP contribution >= 0.6 is 11.6 Å². The molecule has 1 heterocycles. The Balaban J connectivity index is 2.04. The fourth-order valence-corrected chi connectivity index (χ4v) is 7.36. The highest BCUT2D eigenvalue weighted by molar-refractivity contribution is 7.92. The monoisotopic (exact) mass is 492 g/mol. The van der Waals surface area contributed by atoms with Crippen molar-refractivity contribution in [3.8, 4) is 0 Å². The van der Waals surface area contributed by atoms with Crippen LogP contribution in [0.3, 0.4) is 0 Å². The lowest BCUT2D eigenvalue weighted by molar-refractivity contribution is 0.00159. The van der Waals surface area contributed by atoms with Crippen molar-refractivity contribution < 1.29 is 35.8 Å². The Morgan fingerprint density at radius 2 is 1.87 bits per heavy atom. The highest BCUT2D eigenvalue weighted by Gasteiger charge is 2.55. The normalized spacial score (nSPS) is 22.4. The second-order valence-corrected chi connectivity index (χ2v) is 11.3. The van der Waals surface area contributed by atoms with Crippen molar-refractivity contribution in [3.63, 3.8) is 0 Å². The molecule has 0 saturated carbocycles. The van der Waals surface area contributed by atoms with Crippen LogP contribution in [0.15, 0.2) is 46.2 Å². The van der Waals surface area contributed by atoms with Gasteiger partial charge in [-0.05, 0) is 24.3 Å². The first kappa shape index (κ1) is 23.5. The van der Waals surface area contributed by atoms with E-state index in [0.717, 1.165) is 30.3 Å². The van der Waals surface area contributed by atoms with Gasteiger partial charge in [0, 0.05) is 13.1 Å². The number of β-amino-alcohol motifs (C(OH)–C–C–N with tert-alkyl or cyclic N) is 1. The number of aliphatic hydroxyl groups is 2. The van der Waals surface area contributed by atoms with E-state index in [9.17, 15) is 35.8 Å². The number of hydrogen-bond acceptors (Lipinski definition) is 6. The predicted molar refractivity (Wildman–Crippen MR) is 106 cm³/mol. The number of aliphatic hydroxyl groups excluding tert-OH is 1. The first-order valence-electron chi connectivity index (χ1n) is 8.56. The second kappa shape index (κ2) is 8.09. The molecule has 0 radical (unpaired) electrons. The number of nitrogens with zero attached hydrogens (tertiary/aromatic N) is 2. The maximum atomic E-state index is 14.0. The Kier molecular flexibility index (Phi) is 6.13. The van der Waals surface area contributed by atoms with E-state index in [2.05, 4.69) is 4.85 Å². The summed E-state index contributed by atoms with van der Waals surface area (Å²) in [6.07, 6.45) is 0. The second-order valence-electron chi connectivity index (χ2n) is 6.89. The summed E-state index contributed by atoms with van der Waals surface area (Å²) in [7, 11) is -9.03. The first-order valence-corrected chi connectivity index (χ1v) is 11.9. The maximum absolute atomic E-state index is 14.0. The Morgan fingerprint density at radius 1 is 1.19 bits per heavy atom. The van der Waals surface area contributed by atoms with Crippen molar-refractivity contribution in [2.24, 2.45) is 0 Å². The summed E-state index contributed by atoms with van der Waals surface area (Å²) in [6, 6.07) is 4.99. The van der Waals surface area contributed by atoms with Gasteiger partial charge in [-0.3, -0.25) is 0 Å². The van der Waals surface area contributed by atoms with Crippen LogP contribution in [-0.4, -0.2) is 61.9 Å². The molecule has 1 fully saturated rings. The minimum Gasteiger partial charge on any atom is -0.393 e. The number of sulfone groups is 1. The van der Waals surface area contributed by atoms with Crippen LogP contribution < -0.4 is 0 Å². The van der Waals surface area contributed by atoms with Gasteiger partial charge in [0.2, 0.25) is 15.7 Å². The molecule has 1 aliphatic heterocycles. The summed E-state index contributed by atoms with van der Waals surface area (Å²) in [5.74, 6) is -1.90. The number of sulfonamides is 1. The SMILES string of the molecule is [C-]#[N+]c1ccc(S(=O)(=O)[C@H]2CN(S(=O)(=O)c3ccc(F)cc3Cl)C[C@@]2(O)CO)cc1F. The van der Waals surface area contributed by atoms with Crippen molar-refractivity contribution in [2.75, 3.05) is 19.7 Å². The van der Waals surface area contributed by atoms with E-state index in [1.165, 1.54) is 0 Å². The zero-order valence-electron chi connectivity index (χ0n) is 15.5. The van der Waals surface area contributed by atoms with Gasteiger partial charge in [-0.2, -0.15) is 4.31 Å². The summed E-state index contributed by atoms with van der Waals surface area (Å²) >= 11 is 5.82. The van der Waals surface area contributed by atoms with Crippen molar-refractivity contribution in [2.45, 2.75) is 20.6 Å². The van der Waals surface area contributed by atoms with E-state index < -0.39 is 82.5 Å². The van der Waals surface area contributed by atoms with Gasteiger partial charge in [0.1, 0.15) is 27.4 Å². The van der Waals surface area contributed by atoms with Gasteiger partial charge in [0.25, 0.3) is 0 Å². The van der Waals surface area contributed by atoms with E-state index >= 15 is 0 Å². The Bertz CT molecular complexity index is 1300. The number of hydrogen-bond donors (Lipinski definition) is 2. The van der Waals surface area contributed by atoms with Gasteiger partial charge in [-0.25, -0.2) is 30.5 Å². The van der Waals surface area contributed by atoms with Crippen LogP contribution in [-0.2, 0) is 19.9 Å².